The summed E-state index contributed by atoms with van der Waals surface area (Å²) in [6, 6.07) is 5.74. The second kappa shape index (κ2) is 4.47. The molecule has 0 radical (unpaired) electrons. The largest absolute Gasteiger partial charge is 0.371 e. The van der Waals surface area contributed by atoms with E-state index in [9.17, 15) is 25.7 Å². The van der Waals surface area contributed by atoms with Gasteiger partial charge in [-0.3, -0.25) is 4.79 Å². The molecular formula is C14H16N4O2. The van der Waals surface area contributed by atoms with Gasteiger partial charge in [-0.2, -0.15) is 15.8 Å². The highest BCUT2D eigenvalue weighted by atomic mass is 16.3. The van der Waals surface area contributed by atoms with Crippen LogP contribution in [0.1, 0.15) is 39.0 Å². The van der Waals surface area contributed by atoms with Gasteiger partial charge in [-0.25, -0.2) is 0 Å². The lowest BCUT2D eigenvalue weighted by Crippen LogP contribution is -2.53. The van der Waals surface area contributed by atoms with Crippen molar-refractivity contribution in [2.75, 3.05) is 0 Å². The highest BCUT2D eigenvalue weighted by Crippen LogP contribution is 2.60. The number of carbonyl (C=O) groups excluding carboxylic acids is 1. The third kappa shape index (κ3) is 1.54. The summed E-state index contributed by atoms with van der Waals surface area (Å²) in [4.78, 5) is 12.2. The fraction of sp³-hybridized carbons (Fsp3) is 0.714. The van der Waals surface area contributed by atoms with Crippen LogP contribution in [-0.4, -0.2) is 16.7 Å². The number of unbranched alkanes of at least 4 members (excludes halogenated alkanes) is 1. The maximum absolute atomic E-state index is 12.2. The van der Waals surface area contributed by atoms with E-state index < -0.39 is 28.4 Å². The molecule has 2 bridgehead atoms. The highest BCUT2D eigenvalue weighted by Gasteiger charge is 2.73. The minimum absolute atomic E-state index is 0.142. The summed E-state index contributed by atoms with van der Waals surface area (Å²) in [6.45, 7) is 1.98. The molecule has 0 aromatic rings. The van der Waals surface area contributed by atoms with E-state index in [4.69, 9.17) is 0 Å². The van der Waals surface area contributed by atoms with Crippen molar-refractivity contribution in [2.45, 2.75) is 44.8 Å². The van der Waals surface area contributed by atoms with Gasteiger partial charge in [-0.05, 0) is 12.3 Å². The number of aliphatic hydroxyl groups is 1. The van der Waals surface area contributed by atoms with Crippen molar-refractivity contribution in [1.29, 1.82) is 15.8 Å². The van der Waals surface area contributed by atoms with Crippen molar-refractivity contribution >= 4 is 5.91 Å². The van der Waals surface area contributed by atoms with Crippen LogP contribution in [0.15, 0.2) is 0 Å². The molecule has 1 saturated heterocycles. The number of amides is 1. The maximum Gasteiger partial charge on any atom is 0.245 e. The van der Waals surface area contributed by atoms with Gasteiger partial charge in [0.2, 0.25) is 5.91 Å². The molecule has 1 aliphatic carbocycles. The zero-order valence-corrected chi connectivity index (χ0v) is 11.3. The van der Waals surface area contributed by atoms with Crippen LogP contribution in [0.2, 0.25) is 0 Å². The zero-order chi connectivity index (χ0) is 15.0. The lowest BCUT2D eigenvalue weighted by atomic mass is 9.52. The Morgan fingerprint density at radius 2 is 2.00 bits per heavy atom. The molecule has 2 aliphatic rings. The fourth-order valence-electron chi connectivity index (χ4n) is 3.58. The standard InChI is InChI=1S/C14H16N4O2/c1-2-3-4-10-5-14(20)6-12(7-15,11(19)18-14)13(10,8-16)9-17/h10,20H,2-6H2,1H3,(H,18,19). The van der Waals surface area contributed by atoms with Gasteiger partial charge >= 0.3 is 0 Å². The van der Waals surface area contributed by atoms with E-state index >= 15 is 0 Å². The van der Waals surface area contributed by atoms with Gasteiger partial charge in [-0.1, -0.05) is 19.8 Å². The molecule has 20 heavy (non-hydrogen) atoms. The van der Waals surface area contributed by atoms with E-state index in [1.165, 1.54) is 0 Å². The smallest absolute Gasteiger partial charge is 0.245 e. The lowest BCUT2D eigenvalue weighted by molar-refractivity contribution is -0.128. The molecule has 3 atom stereocenters. The van der Waals surface area contributed by atoms with E-state index in [1.54, 1.807) is 0 Å². The van der Waals surface area contributed by atoms with Crippen molar-refractivity contribution in [3.05, 3.63) is 0 Å². The van der Waals surface area contributed by atoms with Gasteiger partial charge in [0.15, 0.2) is 10.8 Å². The first kappa shape index (κ1) is 14.3. The quantitative estimate of drug-likeness (QED) is 0.792. The number of nitriles is 3. The highest BCUT2D eigenvalue weighted by molar-refractivity contribution is 5.91. The number of rotatable bonds is 3. The van der Waals surface area contributed by atoms with Gasteiger partial charge in [0, 0.05) is 12.8 Å². The third-order valence-electron chi connectivity index (χ3n) is 4.61. The SMILES string of the molecule is CCCCC1CC2(O)CC(C#N)(C(=O)N2)C1(C#N)C#N. The first-order valence-electron chi connectivity index (χ1n) is 6.72. The Morgan fingerprint density at radius 1 is 1.35 bits per heavy atom. The summed E-state index contributed by atoms with van der Waals surface area (Å²) in [5.74, 6) is -1.20. The molecule has 104 valence electrons. The number of hydrogen-bond acceptors (Lipinski definition) is 5. The van der Waals surface area contributed by atoms with Gasteiger partial charge in [0.25, 0.3) is 0 Å². The van der Waals surface area contributed by atoms with Crippen LogP contribution >= 0.6 is 0 Å². The molecule has 6 heteroatoms. The van der Waals surface area contributed by atoms with E-state index in [2.05, 4.69) is 5.32 Å². The molecule has 2 N–H and O–H groups in total. The molecule has 2 fully saturated rings. The number of carbonyl (C=O) groups is 1. The summed E-state index contributed by atoms with van der Waals surface area (Å²) in [7, 11) is 0. The Morgan fingerprint density at radius 3 is 2.50 bits per heavy atom. The number of nitrogens with one attached hydrogen (secondary N) is 1. The van der Waals surface area contributed by atoms with Crippen molar-refractivity contribution in [1.82, 2.24) is 5.32 Å². The van der Waals surface area contributed by atoms with Crippen LogP contribution in [-0.2, 0) is 4.79 Å². The topological polar surface area (TPSA) is 121 Å². The minimum Gasteiger partial charge on any atom is -0.371 e. The molecule has 0 aromatic carbocycles. The average molecular weight is 272 g/mol. The van der Waals surface area contributed by atoms with Crippen LogP contribution in [0.25, 0.3) is 0 Å². The average Bonchev–Trinajstić information content (AvgIpc) is 2.66. The predicted molar refractivity (Wildman–Crippen MR) is 67.0 cm³/mol. The Labute approximate surface area is 117 Å². The Kier molecular flexibility index (Phi) is 3.20. The van der Waals surface area contributed by atoms with E-state index in [0.29, 0.717) is 6.42 Å². The van der Waals surface area contributed by atoms with E-state index in [0.717, 1.165) is 12.8 Å². The first-order valence-corrected chi connectivity index (χ1v) is 6.72. The first-order chi connectivity index (χ1) is 9.43. The minimum atomic E-state index is -1.78. The van der Waals surface area contributed by atoms with E-state index in [-0.39, 0.29) is 12.8 Å². The molecule has 2 rings (SSSR count). The summed E-state index contributed by atoms with van der Waals surface area (Å²) in [5.41, 5.74) is -4.94. The maximum atomic E-state index is 12.2. The molecule has 0 spiro atoms. The summed E-state index contributed by atoms with van der Waals surface area (Å²) in [5, 5.41) is 41.3. The molecule has 1 heterocycles. The Hall–Kier alpha value is -2.10. The lowest BCUT2D eigenvalue weighted by Gasteiger charge is -2.43. The van der Waals surface area contributed by atoms with Crippen LogP contribution in [0, 0.1) is 50.7 Å². The predicted octanol–water partition coefficient (Wildman–Crippen LogP) is 0.949. The third-order valence-corrected chi connectivity index (χ3v) is 4.61. The fourth-order valence-corrected chi connectivity index (χ4v) is 3.58. The summed E-state index contributed by atoms with van der Waals surface area (Å²) in [6.07, 6.45) is 2.14. The van der Waals surface area contributed by atoms with Gasteiger partial charge in [0.1, 0.15) is 5.72 Å². The second-order valence-electron chi connectivity index (χ2n) is 5.75. The monoisotopic (exact) mass is 272 g/mol. The molecular weight excluding hydrogens is 256 g/mol. The van der Waals surface area contributed by atoms with E-state index in [1.807, 2.05) is 25.1 Å². The normalized spacial score (nSPS) is 37.4. The van der Waals surface area contributed by atoms with Crippen molar-refractivity contribution in [3.8, 4) is 18.2 Å². The zero-order valence-electron chi connectivity index (χ0n) is 11.3. The van der Waals surface area contributed by atoms with Crippen molar-refractivity contribution < 1.29 is 9.90 Å². The van der Waals surface area contributed by atoms with Crippen LogP contribution in [0.3, 0.4) is 0 Å². The molecule has 1 aliphatic heterocycles. The number of hydrogen-bond donors (Lipinski definition) is 2. The van der Waals surface area contributed by atoms with Crippen molar-refractivity contribution in [3.63, 3.8) is 0 Å². The summed E-state index contributed by atoms with van der Waals surface area (Å²) < 4.78 is 0. The molecule has 6 nitrogen and oxygen atoms in total. The van der Waals surface area contributed by atoms with Crippen molar-refractivity contribution in [2.24, 2.45) is 16.7 Å². The number of fused-ring (bicyclic) bond motifs is 2. The molecule has 3 unspecified atom stereocenters. The van der Waals surface area contributed by atoms with Gasteiger partial charge in [-0.15, -0.1) is 0 Å². The van der Waals surface area contributed by atoms with Crippen LogP contribution < -0.4 is 5.32 Å². The molecule has 0 aromatic heterocycles. The number of nitrogens with zero attached hydrogens (tertiary/aromatic N) is 3. The molecule has 1 amide bonds. The Balaban J connectivity index is 2.58. The van der Waals surface area contributed by atoms with Crippen LogP contribution in [0.5, 0.6) is 0 Å². The Bertz CT molecular complexity index is 553. The summed E-state index contributed by atoms with van der Waals surface area (Å²) >= 11 is 0. The van der Waals surface area contributed by atoms with Gasteiger partial charge in [0.05, 0.1) is 18.2 Å². The molecule has 1 saturated carbocycles. The van der Waals surface area contributed by atoms with Gasteiger partial charge < -0.3 is 10.4 Å². The second-order valence-corrected chi connectivity index (χ2v) is 5.75. The van der Waals surface area contributed by atoms with Crippen LogP contribution in [0.4, 0.5) is 0 Å².